The van der Waals surface area contributed by atoms with E-state index in [-0.39, 0.29) is 5.82 Å². The van der Waals surface area contributed by atoms with Gasteiger partial charge in [0.1, 0.15) is 0 Å². The number of hydrogen-bond donors (Lipinski definition) is 2. The van der Waals surface area contributed by atoms with Gasteiger partial charge >= 0.3 is 0 Å². The first-order valence-corrected chi connectivity index (χ1v) is 4.47. The lowest BCUT2D eigenvalue weighted by atomic mass is 10.2. The topological polar surface area (TPSA) is 71.8 Å². The number of nitrogens with one attached hydrogen (secondary N) is 1. The Balaban J connectivity index is 2.49. The maximum atomic E-state index is 10.8. The molecule has 1 aromatic heterocycles. The second-order valence-electron chi connectivity index (χ2n) is 2.95. The molecule has 0 radical (unpaired) electrons. The van der Waals surface area contributed by atoms with Crippen LogP contribution in [0.25, 0.3) is 6.08 Å². The van der Waals surface area contributed by atoms with Crippen LogP contribution in [0.2, 0.25) is 0 Å². The highest BCUT2D eigenvalue weighted by Crippen LogP contribution is 2.18. The molecule has 0 saturated carbocycles. The highest BCUT2D eigenvalue weighted by molar-refractivity contribution is 6.33. The van der Waals surface area contributed by atoms with Gasteiger partial charge in [-0.25, -0.2) is 4.98 Å². The Morgan fingerprint density at radius 3 is 3.14 bits per heavy atom. The molecule has 0 saturated heterocycles. The summed E-state index contributed by atoms with van der Waals surface area (Å²) in [5.41, 5.74) is 6.62. The first-order valence-electron chi connectivity index (χ1n) is 4.09. The van der Waals surface area contributed by atoms with Crippen LogP contribution in [0.4, 0.5) is 0 Å². The number of imidazole rings is 1. The molecule has 1 aliphatic rings. The fraction of sp³-hybridized carbons (Fsp3) is 0.111. The van der Waals surface area contributed by atoms with Gasteiger partial charge in [0.05, 0.1) is 5.69 Å². The lowest BCUT2D eigenvalue weighted by Crippen LogP contribution is -2.12. The molecule has 14 heavy (non-hydrogen) atoms. The highest BCUT2D eigenvalue weighted by atomic mass is 35.5. The van der Waals surface area contributed by atoms with Crippen molar-refractivity contribution in [2.24, 2.45) is 5.73 Å². The molecule has 0 spiro atoms. The number of nitrogens with two attached hydrogens (primary N) is 1. The van der Waals surface area contributed by atoms with E-state index < -0.39 is 5.91 Å². The highest BCUT2D eigenvalue weighted by Gasteiger charge is 2.12. The molecule has 0 bridgehead atoms. The molecule has 0 aromatic carbocycles. The van der Waals surface area contributed by atoms with Gasteiger partial charge in [-0.05, 0) is 12.2 Å². The molecule has 72 valence electrons. The molecule has 3 N–H and O–H groups in total. The first kappa shape index (κ1) is 9.02. The number of primary amides is 1. The molecule has 1 amide bonds. The largest absolute Gasteiger partial charge is 0.363 e. The normalized spacial score (nSPS) is 14.5. The van der Waals surface area contributed by atoms with Crippen molar-refractivity contribution in [3.8, 4) is 0 Å². The monoisotopic (exact) mass is 209 g/mol. The van der Waals surface area contributed by atoms with E-state index in [4.69, 9.17) is 17.3 Å². The second-order valence-corrected chi connectivity index (χ2v) is 3.39. The number of carbonyl (C=O) groups is 1. The van der Waals surface area contributed by atoms with Crippen LogP contribution in [0.1, 0.15) is 22.0 Å². The standard InChI is InChI=1S/C9H8ClN3O/c10-5-2-1-3-6-7(4-5)13-9(12-6)8(11)14/h1-2,4H,3H2,(H2,11,14)(H,12,13). The van der Waals surface area contributed by atoms with E-state index in [2.05, 4.69) is 9.97 Å². The summed E-state index contributed by atoms with van der Waals surface area (Å²) in [5, 5.41) is 0.589. The van der Waals surface area contributed by atoms with Gasteiger partial charge in [0.15, 0.2) is 5.82 Å². The number of carbonyl (C=O) groups excluding carboxylic acids is 1. The number of fused-ring (bicyclic) bond motifs is 1. The third-order valence-electron chi connectivity index (χ3n) is 1.92. The number of rotatable bonds is 1. The fourth-order valence-electron chi connectivity index (χ4n) is 1.28. The van der Waals surface area contributed by atoms with Gasteiger partial charge < -0.3 is 10.7 Å². The van der Waals surface area contributed by atoms with E-state index in [0.717, 1.165) is 5.69 Å². The Morgan fingerprint density at radius 1 is 1.64 bits per heavy atom. The van der Waals surface area contributed by atoms with Gasteiger partial charge in [-0.1, -0.05) is 17.7 Å². The number of H-pyrrole nitrogens is 1. The van der Waals surface area contributed by atoms with Crippen molar-refractivity contribution in [2.75, 3.05) is 0 Å². The molecule has 0 atom stereocenters. The lowest BCUT2D eigenvalue weighted by Gasteiger charge is -1.88. The van der Waals surface area contributed by atoms with Gasteiger partial charge in [-0.15, -0.1) is 0 Å². The Hall–Kier alpha value is -1.55. The number of aromatic amines is 1. The molecule has 1 heterocycles. The van der Waals surface area contributed by atoms with Crippen LogP contribution in [0.5, 0.6) is 0 Å². The summed E-state index contributed by atoms with van der Waals surface area (Å²) in [6.45, 7) is 0. The van der Waals surface area contributed by atoms with E-state index in [1.54, 1.807) is 12.2 Å². The maximum absolute atomic E-state index is 10.8. The van der Waals surface area contributed by atoms with Crippen molar-refractivity contribution in [2.45, 2.75) is 6.42 Å². The minimum absolute atomic E-state index is 0.172. The van der Waals surface area contributed by atoms with Crippen LogP contribution in [-0.4, -0.2) is 15.9 Å². The molecule has 0 unspecified atom stereocenters. The predicted octanol–water partition coefficient (Wildman–Crippen LogP) is 1.20. The average Bonchev–Trinajstić information content (AvgIpc) is 2.42. The van der Waals surface area contributed by atoms with Crippen LogP contribution >= 0.6 is 11.6 Å². The van der Waals surface area contributed by atoms with Crippen LogP contribution < -0.4 is 5.73 Å². The van der Waals surface area contributed by atoms with Gasteiger partial charge in [0.2, 0.25) is 0 Å². The zero-order chi connectivity index (χ0) is 10.1. The molecule has 1 aliphatic carbocycles. The Bertz CT molecular complexity index is 445. The quantitative estimate of drug-likeness (QED) is 0.730. The number of nitrogens with zero attached hydrogens (tertiary/aromatic N) is 1. The van der Waals surface area contributed by atoms with Crippen molar-refractivity contribution in [1.29, 1.82) is 0 Å². The van der Waals surface area contributed by atoms with E-state index >= 15 is 0 Å². The minimum Gasteiger partial charge on any atom is -0.363 e. The van der Waals surface area contributed by atoms with Crippen LogP contribution in [0.15, 0.2) is 17.2 Å². The number of amides is 1. The van der Waals surface area contributed by atoms with Crippen molar-refractivity contribution < 1.29 is 4.79 Å². The predicted molar refractivity (Wildman–Crippen MR) is 53.8 cm³/mol. The summed E-state index contributed by atoms with van der Waals surface area (Å²) >= 11 is 5.84. The first-order chi connectivity index (χ1) is 6.66. The number of halogens is 1. The van der Waals surface area contributed by atoms with Crippen LogP contribution in [0, 0.1) is 0 Å². The summed E-state index contributed by atoms with van der Waals surface area (Å²) in [5.74, 6) is -0.391. The van der Waals surface area contributed by atoms with E-state index in [0.29, 0.717) is 17.1 Å². The summed E-state index contributed by atoms with van der Waals surface area (Å²) in [7, 11) is 0. The third-order valence-corrected chi connectivity index (χ3v) is 2.15. The molecular weight excluding hydrogens is 202 g/mol. The molecule has 2 rings (SSSR count). The molecule has 1 aromatic rings. The van der Waals surface area contributed by atoms with Gasteiger partial charge in [0, 0.05) is 17.1 Å². The van der Waals surface area contributed by atoms with E-state index in [1.165, 1.54) is 0 Å². The van der Waals surface area contributed by atoms with Gasteiger partial charge in [0.25, 0.3) is 5.91 Å². The summed E-state index contributed by atoms with van der Waals surface area (Å²) in [6, 6.07) is 0. The smallest absolute Gasteiger partial charge is 0.284 e. The summed E-state index contributed by atoms with van der Waals surface area (Å²) in [6.07, 6.45) is 6.06. The van der Waals surface area contributed by atoms with E-state index in [9.17, 15) is 4.79 Å². The van der Waals surface area contributed by atoms with Gasteiger partial charge in [-0.3, -0.25) is 4.79 Å². The van der Waals surface area contributed by atoms with Crippen molar-refractivity contribution in [3.05, 3.63) is 34.4 Å². The Morgan fingerprint density at radius 2 is 2.43 bits per heavy atom. The van der Waals surface area contributed by atoms with Crippen molar-refractivity contribution in [1.82, 2.24) is 9.97 Å². The van der Waals surface area contributed by atoms with E-state index in [1.807, 2.05) is 6.08 Å². The fourth-order valence-corrected chi connectivity index (χ4v) is 1.48. The molecule has 4 nitrogen and oxygen atoms in total. The minimum atomic E-state index is -0.563. The van der Waals surface area contributed by atoms with Crippen molar-refractivity contribution in [3.63, 3.8) is 0 Å². The lowest BCUT2D eigenvalue weighted by molar-refractivity contribution is 0.0991. The Labute approximate surface area is 85.5 Å². The molecule has 5 heteroatoms. The average molecular weight is 210 g/mol. The number of allylic oxidation sites excluding steroid dienone is 3. The van der Waals surface area contributed by atoms with Crippen LogP contribution in [-0.2, 0) is 6.42 Å². The summed E-state index contributed by atoms with van der Waals surface area (Å²) in [4.78, 5) is 17.7. The zero-order valence-electron chi connectivity index (χ0n) is 7.25. The summed E-state index contributed by atoms with van der Waals surface area (Å²) < 4.78 is 0. The SMILES string of the molecule is NC(=O)c1nc2c([nH]1)CC=CC(Cl)=C2. The molecule has 0 fully saturated rings. The maximum Gasteiger partial charge on any atom is 0.284 e. The third kappa shape index (κ3) is 1.56. The zero-order valence-corrected chi connectivity index (χ0v) is 8.01. The molecule has 0 aliphatic heterocycles. The number of aromatic nitrogens is 2. The number of hydrogen-bond acceptors (Lipinski definition) is 2. The second kappa shape index (κ2) is 3.31. The van der Waals surface area contributed by atoms with Crippen LogP contribution in [0.3, 0.4) is 0 Å². The molecular formula is C9H8ClN3O. The van der Waals surface area contributed by atoms with Gasteiger partial charge in [-0.2, -0.15) is 0 Å². The Kier molecular flexibility index (Phi) is 2.13. The van der Waals surface area contributed by atoms with Crippen molar-refractivity contribution >= 4 is 23.6 Å².